The summed E-state index contributed by atoms with van der Waals surface area (Å²) in [5.74, 6) is 6.67. The molecule has 0 aliphatic carbocycles. The normalized spacial score (nSPS) is 25.8. The molecule has 0 spiro atoms. The van der Waals surface area contributed by atoms with Crippen molar-refractivity contribution in [2.45, 2.75) is 44.6 Å². The maximum absolute atomic E-state index is 11.4. The molecule has 1 atom stereocenters. The molecule has 2 heterocycles. The zero-order chi connectivity index (χ0) is 12.1. The lowest BCUT2D eigenvalue weighted by Crippen LogP contribution is -2.35. The van der Waals surface area contributed by atoms with Gasteiger partial charge in [0.2, 0.25) is 5.91 Å². The highest BCUT2D eigenvalue weighted by atomic mass is 16.2. The fourth-order valence-corrected chi connectivity index (χ4v) is 2.61. The second kappa shape index (κ2) is 6.07. The van der Waals surface area contributed by atoms with Crippen LogP contribution >= 0.6 is 0 Å². The summed E-state index contributed by atoms with van der Waals surface area (Å²) in [5, 5.41) is 0. The Kier molecular flexibility index (Phi) is 4.44. The first-order valence-electron chi connectivity index (χ1n) is 6.71. The Balaban J connectivity index is 1.72. The van der Waals surface area contributed by atoms with Crippen molar-refractivity contribution in [1.29, 1.82) is 0 Å². The van der Waals surface area contributed by atoms with Gasteiger partial charge in [0.05, 0.1) is 6.54 Å². The first-order valence-corrected chi connectivity index (χ1v) is 6.71. The van der Waals surface area contributed by atoms with Crippen LogP contribution in [0.5, 0.6) is 0 Å². The molecule has 0 N–H and O–H groups in total. The Labute approximate surface area is 104 Å². The van der Waals surface area contributed by atoms with Gasteiger partial charge < -0.3 is 9.80 Å². The summed E-state index contributed by atoms with van der Waals surface area (Å²) < 4.78 is 0. The molecule has 0 unspecified atom stereocenters. The predicted molar refractivity (Wildman–Crippen MR) is 68.5 cm³/mol. The molecule has 2 saturated heterocycles. The van der Waals surface area contributed by atoms with Crippen molar-refractivity contribution in [3.63, 3.8) is 0 Å². The van der Waals surface area contributed by atoms with Crippen molar-refractivity contribution < 1.29 is 4.79 Å². The maximum Gasteiger partial charge on any atom is 0.223 e. The van der Waals surface area contributed by atoms with Crippen LogP contribution in [0, 0.1) is 11.8 Å². The van der Waals surface area contributed by atoms with Gasteiger partial charge in [0.25, 0.3) is 0 Å². The van der Waals surface area contributed by atoms with Gasteiger partial charge in [-0.3, -0.25) is 4.79 Å². The largest absolute Gasteiger partial charge is 0.332 e. The van der Waals surface area contributed by atoms with Crippen LogP contribution in [0.3, 0.4) is 0 Å². The van der Waals surface area contributed by atoms with Gasteiger partial charge in [-0.25, -0.2) is 0 Å². The van der Waals surface area contributed by atoms with Crippen LogP contribution in [-0.4, -0.2) is 48.4 Å². The van der Waals surface area contributed by atoms with Gasteiger partial charge in [-0.15, -0.1) is 0 Å². The van der Waals surface area contributed by atoms with Gasteiger partial charge in [-0.2, -0.15) is 0 Å². The highest BCUT2D eigenvalue weighted by Gasteiger charge is 2.19. The van der Waals surface area contributed by atoms with Gasteiger partial charge in [-0.05, 0) is 32.9 Å². The van der Waals surface area contributed by atoms with Crippen molar-refractivity contribution in [3.05, 3.63) is 0 Å². The SMILES string of the molecule is CN1CCCC[C@@H]1CC#CCN1CCCC1=O. The number of carbonyl (C=O) groups is 1. The first-order chi connectivity index (χ1) is 8.27. The van der Waals surface area contributed by atoms with E-state index in [1.54, 1.807) is 0 Å². The fraction of sp³-hybridized carbons (Fsp3) is 0.786. The van der Waals surface area contributed by atoms with E-state index in [-0.39, 0.29) is 5.91 Å². The summed E-state index contributed by atoms with van der Waals surface area (Å²) in [6.45, 7) is 2.74. The van der Waals surface area contributed by atoms with E-state index in [9.17, 15) is 4.79 Å². The Hall–Kier alpha value is -1.01. The monoisotopic (exact) mass is 234 g/mol. The average molecular weight is 234 g/mol. The van der Waals surface area contributed by atoms with Crippen LogP contribution in [-0.2, 0) is 4.79 Å². The summed E-state index contributed by atoms with van der Waals surface area (Å²) >= 11 is 0. The van der Waals surface area contributed by atoms with Crippen LogP contribution in [0.25, 0.3) is 0 Å². The van der Waals surface area contributed by atoms with E-state index in [0.717, 1.165) is 19.4 Å². The molecule has 0 bridgehead atoms. The molecule has 2 aliphatic heterocycles. The number of hydrogen-bond acceptors (Lipinski definition) is 2. The zero-order valence-corrected chi connectivity index (χ0v) is 10.7. The van der Waals surface area contributed by atoms with E-state index in [2.05, 4.69) is 23.8 Å². The van der Waals surface area contributed by atoms with E-state index < -0.39 is 0 Å². The number of carbonyl (C=O) groups excluding carboxylic acids is 1. The molecule has 2 rings (SSSR count). The van der Waals surface area contributed by atoms with E-state index in [4.69, 9.17) is 0 Å². The molecule has 0 saturated carbocycles. The van der Waals surface area contributed by atoms with Crippen LogP contribution < -0.4 is 0 Å². The van der Waals surface area contributed by atoms with Crippen molar-refractivity contribution in [2.75, 3.05) is 26.7 Å². The molecule has 0 aromatic heterocycles. The number of piperidine rings is 1. The molecule has 0 aromatic rings. The van der Waals surface area contributed by atoms with Crippen LogP contribution in [0.4, 0.5) is 0 Å². The number of hydrogen-bond donors (Lipinski definition) is 0. The van der Waals surface area contributed by atoms with Crippen LogP contribution in [0.2, 0.25) is 0 Å². The predicted octanol–water partition coefficient (Wildman–Crippen LogP) is 1.49. The number of rotatable bonds is 2. The average Bonchev–Trinajstić information content (AvgIpc) is 2.73. The van der Waals surface area contributed by atoms with E-state index in [1.807, 2.05) is 4.90 Å². The summed E-state index contributed by atoms with van der Waals surface area (Å²) in [6, 6.07) is 0.630. The van der Waals surface area contributed by atoms with Gasteiger partial charge in [0.15, 0.2) is 0 Å². The summed E-state index contributed by atoms with van der Waals surface area (Å²) in [7, 11) is 2.19. The lowest BCUT2D eigenvalue weighted by atomic mass is 10.0. The first kappa shape index (κ1) is 12.4. The third-order valence-corrected chi connectivity index (χ3v) is 3.83. The zero-order valence-electron chi connectivity index (χ0n) is 10.7. The minimum absolute atomic E-state index is 0.272. The highest BCUT2D eigenvalue weighted by Crippen LogP contribution is 2.17. The fourth-order valence-electron chi connectivity index (χ4n) is 2.61. The summed E-state index contributed by atoms with van der Waals surface area (Å²) in [4.78, 5) is 15.7. The Bertz CT molecular complexity index is 329. The highest BCUT2D eigenvalue weighted by molar-refractivity contribution is 5.78. The Morgan fingerprint density at radius 3 is 2.82 bits per heavy atom. The minimum Gasteiger partial charge on any atom is -0.332 e. The summed E-state index contributed by atoms with van der Waals surface area (Å²) in [6.07, 6.45) is 6.61. The molecule has 1 amide bonds. The smallest absolute Gasteiger partial charge is 0.223 e. The topological polar surface area (TPSA) is 23.6 Å². The minimum atomic E-state index is 0.272. The molecule has 3 nitrogen and oxygen atoms in total. The second-order valence-electron chi connectivity index (χ2n) is 5.11. The van der Waals surface area contributed by atoms with Crippen LogP contribution in [0.1, 0.15) is 38.5 Å². The Morgan fingerprint density at radius 2 is 2.12 bits per heavy atom. The van der Waals surface area contributed by atoms with E-state index in [1.165, 1.54) is 25.8 Å². The standard InChI is InChI=1S/C14H22N2O/c1-15-10-4-2-7-13(15)8-3-5-11-16-12-6-9-14(16)17/h13H,2,4,6-12H2,1H3/t13-/m1/s1. The molecule has 2 fully saturated rings. The van der Waals surface area contributed by atoms with Gasteiger partial charge in [-0.1, -0.05) is 18.3 Å². The number of likely N-dealkylation sites (tertiary alicyclic amines) is 2. The second-order valence-corrected chi connectivity index (χ2v) is 5.11. The third kappa shape index (κ3) is 3.47. The van der Waals surface area contributed by atoms with E-state index >= 15 is 0 Å². The number of amides is 1. The maximum atomic E-state index is 11.4. The quantitative estimate of drug-likeness (QED) is 0.676. The van der Waals surface area contributed by atoms with E-state index in [0.29, 0.717) is 19.0 Å². The number of nitrogens with zero attached hydrogens (tertiary/aromatic N) is 2. The molecule has 17 heavy (non-hydrogen) atoms. The molecule has 0 aromatic carbocycles. The van der Waals surface area contributed by atoms with Crippen molar-refractivity contribution in [1.82, 2.24) is 9.80 Å². The van der Waals surface area contributed by atoms with Crippen molar-refractivity contribution >= 4 is 5.91 Å². The van der Waals surface area contributed by atoms with Crippen LogP contribution in [0.15, 0.2) is 0 Å². The van der Waals surface area contributed by atoms with Crippen molar-refractivity contribution in [2.24, 2.45) is 0 Å². The lowest BCUT2D eigenvalue weighted by Gasteiger charge is -2.31. The third-order valence-electron chi connectivity index (χ3n) is 3.83. The Morgan fingerprint density at radius 1 is 1.24 bits per heavy atom. The van der Waals surface area contributed by atoms with Crippen molar-refractivity contribution in [3.8, 4) is 11.8 Å². The lowest BCUT2D eigenvalue weighted by molar-refractivity contribution is -0.127. The molecule has 2 aliphatic rings. The molecule has 3 heteroatoms. The summed E-state index contributed by atoms with van der Waals surface area (Å²) in [5.41, 5.74) is 0. The molecular formula is C14H22N2O. The molecular weight excluding hydrogens is 212 g/mol. The van der Waals surface area contributed by atoms with Gasteiger partial charge >= 0.3 is 0 Å². The molecule has 0 radical (unpaired) electrons. The van der Waals surface area contributed by atoms with Gasteiger partial charge in [0.1, 0.15) is 0 Å². The molecule has 94 valence electrons. The van der Waals surface area contributed by atoms with Gasteiger partial charge in [0, 0.05) is 25.4 Å².